The second kappa shape index (κ2) is 5.50. The molecule has 0 fully saturated rings. The van der Waals surface area contributed by atoms with Crippen LogP contribution in [-0.4, -0.2) is 25.5 Å². The van der Waals surface area contributed by atoms with Crippen LogP contribution in [0.15, 0.2) is 24.3 Å². The molecule has 0 aliphatic rings. The highest BCUT2D eigenvalue weighted by atomic mass is 35.5. The topological polar surface area (TPSA) is 61.2 Å². The lowest BCUT2D eigenvalue weighted by Crippen LogP contribution is -2.31. The van der Waals surface area contributed by atoms with Crippen LogP contribution in [0.25, 0.3) is 0 Å². The fourth-order valence-corrected chi connectivity index (χ4v) is 2.54. The Bertz CT molecular complexity index is 537. The highest BCUT2D eigenvalue weighted by molar-refractivity contribution is 7.89. The Balaban J connectivity index is 3.19. The molecule has 1 atom stereocenters. The summed E-state index contributed by atoms with van der Waals surface area (Å²) >= 11 is 5.96. The van der Waals surface area contributed by atoms with Crippen molar-refractivity contribution in [1.29, 1.82) is 5.26 Å². The fourth-order valence-electron chi connectivity index (χ4n) is 1.41. The Morgan fingerprint density at radius 1 is 1.47 bits per heavy atom. The van der Waals surface area contributed by atoms with Crippen LogP contribution in [0.5, 0.6) is 0 Å². The molecule has 1 aromatic rings. The smallest absolute Gasteiger partial charge is 0.212 e. The van der Waals surface area contributed by atoms with E-state index in [0.717, 1.165) is 4.31 Å². The van der Waals surface area contributed by atoms with Crippen LogP contribution < -0.4 is 0 Å². The molecule has 17 heavy (non-hydrogen) atoms. The summed E-state index contributed by atoms with van der Waals surface area (Å²) in [6.07, 6.45) is 0. The standard InChI is InChI=1S/C11H13ClN2O2S/c1-3-17(15,16)14(2)11(8-13)9-6-4-5-7-10(9)12/h4-7,11H,3H2,1-2H3. The van der Waals surface area contributed by atoms with Gasteiger partial charge >= 0.3 is 0 Å². The third kappa shape index (κ3) is 2.97. The van der Waals surface area contributed by atoms with E-state index >= 15 is 0 Å². The molecule has 0 heterocycles. The van der Waals surface area contributed by atoms with Crippen molar-refractivity contribution in [1.82, 2.24) is 4.31 Å². The maximum Gasteiger partial charge on any atom is 0.215 e. The number of halogens is 1. The molecule has 0 saturated carbocycles. The molecule has 0 bridgehead atoms. The Kier molecular flexibility index (Phi) is 4.52. The zero-order valence-corrected chi connectivity index (χ0v) is 11.2. The Morgan fingerprint density at radius 2 is 2.06 bits per heavy atom. The molecule has 0 N–H and O–H groups in total. The molecule has 0 aliphatic heterocycles. The lowest BCUT2D eigenvalue weighted by atomic mass is 10.1. The molecule has 0 saturated heterocycles. The normalized spacial score (nSPS) is 13.4. The zero-order valence-electron chi connectivity index (χ0n) is 9.59. The summed E-state index contributed by atoms with van der Waals surface area (Å²) in [5, 5.41) is 9.50. The maximum atomic E-state index is 11.7. The van der Waals surface area contributed by atoms with Crippen LogP contribution in [0, 0.1) is 11.3 Å². The lowest BCUT2D eigenvalue weighted by molar-refractivity contribution is 0.433. The molecule has 0 amide bonds. The Morgan fingerprint density at radius 3 is 2.53 bits per heavy atom. The monoisotopic (exact) mass is 272 g/mol. The van der Waals surface area contributed by atoms with Crippen molar-refractivity contribution in [3.8, 4) is 6.07 Å². The van der Waals surface area contributed by atoms with Gasteiger partial charge in [0.15, 0.2) is 0 Å². The van der Waals surface area contributed by atoms with Crippen molar-refractivity contribution in [2.24, 2.45) is 0 Å². The summed E-state index contributed by atoms with van der Waals surface area (Å²) in [6, 6.07) is 7.80. The van der Waals surface area contributed by atoms with Gasteiger partial charge in [-0.05, 0) is 13.0 Å². The number of hydrogen-bond acceptors (Lipinski definition) is 3. The van der Waals surface area contributed by atoms with E-state index in [1.54, 1.807) is 24.3 Å². The van der Waals surface area contributed by atoms with Crippen LogP contribution in [0.2, 0.25) is 5.02 Å². The van der Waals surface area contributed by atoms with Gasteiger partial charge in [0.05, 0.1) is 11.8 Å². The number of nitriles is 1. The van der Waals surface area contributed by atoms with E-state index in [-0.39, 0.29) is 5.75 Å². The minimum absolute atomic E-state index is 0.0495. The highest BCUT2D eigenvalue weighted by Crippen LogP contribution is 2.27. The summed E-state index contributed by atoms with van der Waals surface area (Å²) in [6.45, 7) is 1.53. The van der Waals surface area contributed by atoms with Crippen LogP contribution in [0.3, 0.4) is 0 Å². The fraction of sp³-hybridized carbons (Fsp3) is 0.364. The molecular formula is C11H13ClN2O2S. The Hall–Kier alpha value is -1.09. The quantitative estimate of drug-likeness (QED) is 0.844. The molecule has 0 aromatic heterocycles. The highest BCUT2D eigenvalue weighted by Gasteiger charge is 2.27. The van der Waals surface area contributed by atoms with E-state index in [2.05, 4.69) is 0 Å². The third-order valence-corrected chi connectivity index (χ3v) is 4.65. The first-order valence-corrected chi connectivity index (χ1v) is 7.02. The van der Waals surface area contributed by atoms with Gasteiger partial charge in [-0.1, -0.05) is 29.8 Å². The molecular weight excluding hydrogens is 260 g/mol. The summed E-state index contributed by atoms with van der Waals surface area (Å²) in [7, 11) is -2.04. The predicted octanol–water partition coefficient (Wildman–Crippen LogP) is 2.19. The van der Waals surface area contributed by atoms with Crippen molar-refractivity contribution in [3.63, 3.8) is 0 Å². The SMILES string of the molecule is CCS(=O)(=O)N(C)C(C#N)c1ccccc1Cl. The molecule has 1 unspecified atom stereocenters. The number of sulfonamides is 1. The van der Waals surface area contributed by atoms with Crippen molar-refractivity contribution in [2.75, 3.05) is 12.8 Å². The van der Waals surface area contributed by atoms with Crippen molar-refractivity contribution >= 4 is 21.6 Å². The van der Waals surface area contributed by atoms with Gasteiger partial charge < -0.3 is 0 Å². The molecule has 6 heteroatoms. The van der Waals surface area contributed by atoms with Crippen LogP contribution in [0.1, 0.15) is 18.5 Å². The number of rotatable bonds is 4. The lowest BCUT2D eigenvalue weighted by Gasteiger charge is -2.22. The molecule has 0 spiro atoms. The summed E-state index contributed by atoms with van der Waals surface area (Å²) in [5.41, 5.74) is 0.496. The molecule has 1 rings (SSSR count). The number of nitrogens with zero attached hydrogens (tertiary/aromatic N) is 2. The van der Waals surface area contributed by atoms with E-state index in [0.29, 0.717) is 10.6 Å². The van der Waals surface area contributed by atoms with Gasteiger partial charge in [-0.3, -0.25) is 0 Å². The molecule has 0 aliphatic carbocycles. The van der Waals surface area contributed by atoms with Gasteiger partial charge in [0, 0.05) is 17.6 Å². The van der Waals surface area contributed by atoms with Crippen molar-refractivity contribution in [2.45, 2.75) is 13.0 Å². The minimum atomic E-state index is -3.42. The van der Waals surface area contributed by atoms with Crippen LogP contribution in [0.4, 0.5) is 0 Å². The molecule has 0 radical (unpaired) electrons. The van der Waals surface area contributed by atoms with Crippen molar-refractivity contribution in [3.05, 3.63) is 34.9 Å². The predicted molar refractivity (Wildman–Crippen MR) is 67.0 cm³/mol. The van der Waals surface area contributed by atoms with Crippen LogP contribution >= 0.6 is 11.6 Å². The maximum absolute atomic E-state index is 11.7. The first-order chi connectivity index (χ1) is 7.94. The van der Waals surface area contributed by atoms with Gasteiger partial charge in [-0.2, -0.15) is 9.57 Å². The van der Waals surface area contributed by atoms with E-state index in [1.165, 1.54) is 14.0 Å². The van der Waals surface area contributed by atoms with Gasteiger partial charge in [-0.15, -0.1) is 0 Å². The molecule has 4 nitrogen and oxygen atoms in total. The average molecular weight is 273 g/mol. The van der Waals surface area contributed by atoms with Gasteiger partial charge in [-0.25, -0.2) is 8.42 Å². The van der Waals surface area contributed by atoms with E-state index in [4.69, 9.17) is 16.9 Å². The van der Waals surface area contributed by atoms with Gasteiger partial charge in [0.25, 0.3) is 0 Å². The second-order valence-corrected chi connectivity index (χ2v) is 6.19. The first-order valence-electron chi connectivity index (χ1n) is 5.03. The van der Waals surface area contributed by atoms with Gasteiger partial charge in [0.1, 0.15) is 6.04 Å². The van der Waals surface area contributed by atoms with E-state index in [9.17, 15) is 8.42 Å². The zero-order chi connectivity index (χ0) is 13.1. The summed E-state index contributed by atoms with van der Waals surface area (Å²) in [5.74, 6) is -0.0495. The summed E-state index contributed by atoms with van der Waals surface area (Å²) < 4.78 is 24.5. The largest absolute Gasteiger partial charge is 0.215 e. The third-order valence-electron chi connectivity index (χ3n) is 2.49. The van der Waals surface area contributed by atoms with Crippen molar-refractivity contribution < 1.29 is 8.42 Å². The number of hydrogen-bond donors (Lipinski definition) is 0. The number of benzene rings is 1. The van der Waals surface area contributed by atoms with Crippen LogP contribution in [-0.2, 0) is 10.0 Å². The van der Waals surface area contributed by atoms with E-state index < -0.39 is 16.1 Å². The molecule has 92 valence electrons. The van der Waals surface area contributed by atoms with E-state index in [1.807, 2.05) is 6.07 Å². The first kappa shape index (κ1) is 14.0. The summed E-state index contributed by atoms with van der Waals surface area (Å²) in [4.78, 5) is 0. The average Bonchev–Trinajstić information content (AvgIpc) is 2.32. The Labute approximate surface area is 106 Å². The van der Waals surface area contributed by atoms with Gasteiger partial charge in [0.2, 0.25) is 10.0 Å². The minimum Gasteiger partial charge on any atom is -0.212 e. The second-order valence-electron chi connectivity index (χ2n) is 3.47. The molecule has 1 aromatic carbocycles.